The Morgan fingerprint density at radius 3 is 2.31 bits per heavy atom. The van der Waals surface area contributed by atoms with Crippen molar-refractivity contribution < 1.29 is 33.0 Å². The van der Waals surface area contributed by atoms with Gasteiger partial charge in [-0.1, -0.05) is 0 Å². The Morgan fingerprint density at radius 2 is 1.94 bits per heavy atom. The van der Waals surface area contributed by atoms with Crippen molar-refractivity contribution in [2.75, 3.05) is 7.11 Å². The second-order valence-electron chi connectivity index (χ2n) is 2.81. The van der Waals surface area contributed by atoms with Crippen molar-refractivity contribution >= 4 is 17.8 Å². The Hall–Kier alpha value is -1.73. The zero-order chi connectivity index (χ0) is 12.7. The predicted octanol–water partition coefficient (Wildman–Crippen LogP) is -0.226. The van der Waals surface area contributed by atoms with Gasteiger partial charge in [-0.05, 0) is 6.42 Å². The molecule has 0 saturated heterocycles. The molecular weight excluding hydrogens is 228 g/mol. The minimum absolute atomic E-state index is 0.281. The van der Waals surface area contributed by atoms with Crippen LogP contribution in [0.3, 0.4) is 0 Å². The molecule has 1 amide bonds. The Balaban J connectivity index is 4.24. The third-order valence-electron chi connectivity index (χ3n) is 1.68. The number of amides is 1. The van der Waals surface area contributed by atoms with Crippen molar-refractivity contribution in [2.45, 2.75) is 25.3 Å². The van der Waals surface area contributed by atoms with Gasteiger partial charge in [0.15, 0.2) is 0 Å². The van der Waals surface area contributed by atoms with Crippen LogP contribution in [0.1, 0.15) is 12.8 Å². The zero-order valence-corrected chi connectivity index (χ0v) is 8.41. The summed E-state index contributed by atoms with van der Waals surface area (Å²) in [5, 5.41) is 10.2. The third kappa shape index (κ3) is 5.23. The van der Waals surface area contributed by atoms with Crippen LogP contribution in [-0.2, 0) is 19.1 Å². The van der Waals surface area contributed by atoms with Crippen LogP contribution in [0.15, 0.2) is 0 Å². The lowest BCUT2D eigenvalue weighted by Gasteiger charge is -2.13. The van der Waals surface area contributed by atoms with E-state index in [1.165, 1.54) is 0 Å². The highest BCUT2D eigenvalue weighted by Gasteiger charge is 2.25. The van der Waals surface area contributed by atoms with Crippen LogP contribution in [0, 0.1) is 0 Å². The molecule has 92 valence electrons. The second kappa shape index (κ2) is 6.70. The zero-order valence-electron chi connectivity index (χ0n) is 8.41. The van der Waals surface area contributed by atoms with Gasteiger partial charge in [-0.25, -0.2) is 4.79 Å². The van der Waals surface area contributed by atoms with E-state index in [-0.39, 0.29) is 12.8 Å². The molecule has 0 unspecified atom stereocenters. The van der Waals surface area contributed by atoms with E-state index in [1.54, 1.807) is 5.32 Å². The molecule has 1 atom stereocenters. The van der Waals surface area contributed by atoms with E-state index in [0.717, 1.165) is 7.11 Å². The maximum Gasteiger partial charge on any atom is 0.326 e. The smallest absolute Gasteiger partial charge is 0.326 e. The maximum atomic E-state index is 11.8. The number of carboxylic acids is 1. The normalized spacial score (nSPS) is 12.0. The van der Waals surface area contributed by atoms with E-state index in [4.69, 9.17) is 5.11 Å². The van der Waals surface area contributed by atoms with Crippen molar-refractivity contribution in [1.82, 2.24) is 5.32 Å². The van der Waals surface area contributed by atoms with Crippen LogP contribution in [-0.4, -0.2) is 42.5 Å². The number of carbonyl (C=O) groups is 3. The first-order valence-corrected chi connectivity index (χ1v) is 4.26. The fourth-order valence-corrected chi connectivity index (χ4v) is 0.856. The van der Waals surface area contributed by atoms with Gasteiger partial charge in [0.1, 0.15) is 6.04 Å². The summed E-state index contributed by atoms with van der Waals surface area (Å²) < 4.78 is 27.9. The quantitative estimate of drug-likeness (QED) is 0.625. The van der Waals surface area contributed by atoms with Crippen molar-refractivity contribution in [3.63, 3.8) is 0 Å². The molecule has 2 N–H and O–H groups in total. The molecule has 16 heavy (non-hydrogen) atoms. The van der Waals surface area contributed by atoms with Gasteiger partial charge < -0.3 is 15.2 Å². The fraction of sp³-hybridized carbons (Fsp3) is 0.625. The summed E-state index contributed by atoms with van der Waals surface area (Å²) in [6, 6.07) is -1.53. The van der Waals surface area contributed by atoms with Gasteiger partial charge in [-0.2, -0.15) is 8.78 Å². The Bertz CT molecular complexity index is 282. The molecule has 8 heteroatoms. The lowest BCUT2D eigenvalue weighted by molar-refractivity contribution is -0.145. The molecule has 0 aliphatic rings. The first-order chi connectivity index (χ1) is 7.38. The lowest BCUT2D eigenvalue weighted by atomic mass is 10.1. The molecule has 0 radical (unpaired) electrons. The SMILES string of the molecule is COC(=O)CC[C@@H](NC(=O)C(F)F)C(=O)O. The molecule has 0 bridgehead atoms. The van der Waals surface area contributed by atoms with Gasteiger partial charge in [-0.15, -0.1) is 0 Å². The highest BCUT2D eigenvalue weighted by atomic mass is 19.3. The number of ether oxygens (including phenoxy) is 1. The van der Waals surface area contributed by atoms with Gasteiger partial charge in [0.05, 0.1) is 7.11 Å². The average molecular weight is 239 g/mol. The van der Waals surface area contributed by atoms with Gasteiger partial charge in [0, 0.05) is 6.42 Å². The summed E-state index contributed by atoms with van der Waals surface area (Å²) in [6.07, 6.45) is -3.88. The Morgan fingerprint density at radius 1 is 1.38 bits per heavy atom. The van der Waals surface area contributed by atoms with Crippen LogP contribution < -0.4 is 5.32 Å². The molecule has 0 aliphatic carbocycles. The average Bonchev–Trinajstić information content (AvgIpc) is 2.22. The number of hydrogen-bond acceptors (Lipinski definition) is 4. The number of hydrogen-bond donors (Lipinski definition) is 2. The summed E-state index contributed by atoms with van der Waals surface area (Å²) >= 11 is 0. The number of esters is 1. The lowest BCUT2D eigenvalue weighted by Crippen LogP contribution is -2.43. The highest BCUT2D eigenvalue weighted by Crippen LogP contribution is 2.01. The van der Waals surface area contributed by atoms with Crippen LogP contribution in [0.4, 0.5) is 8.78 Å². The molecule has 0 aromatic heterocycles. The third-order valence-corrected chi connectivity index (χ3v) is 1.68. The van der Waals surface area contributed by atoms with Crippen LogP contribution in [0.5, 0.6) is 0 Å². The molecular formula is C8H11F2NO5. The molecule has 6 nitrogen and oxygen atoms in total. The number of nitrogens with one attached hydrogen (secondary N) is 1. The van der Waals surface area contributed by atoms with Crippen LogP contribution in [0.2, 0.25) is 0 Å². The summed E-state index contributed by atoms with van der Waals surface area (Å²) in [5.41, 5.74) is 0. The predicted molar refractivity (Wildman–Crippen MR) is 46.8 cm³/mol. The number of methoxy groups -OCH3 is 1. The maximum absolute atomic E-state index is 11.8. The van der Waals surface area contributed by atoms with Gasteiger partial charge >= 0.3 is 18.4 Å². The number of carbonyl (C=O) groups excluding carboxylic acids is 2. The molecule has 0 spiro atoms. The van der Waals surface area contributed by atoms with Crippen LogP contribution in [0.25, 0.3) is 0 Å². The van der Waals surface area contributed by atoms with Crippen molar-refractivity contribution in [2.24, 2.45) is 0 Å². The number of aliphatic carboxylic acids is 1. The molecule has 0 aromatic rings. The molecule has 0 fully saturated rings. The Labute approximate surface area is 89.6 Å². The summed E-state index contributed by atoms with van der Waals surface area (Å²) in [6.45, 7) is 0. The second-order valence-corrected chi connectivity index (χ2v) is 2.81. The van der Waals surface area contributed by atoms with E-state index in [0.29, 0.717) is 0 Å². The van der Waals surface area contributed by atoms with E-state index in [1.807, 2.05) is 0 Å². The first kappa shape index (κ1) is 14.3. The standard InChI is InChI=1S/C8H11F2NO5/c1-16-5(12)3-2-4(8(14)15)11-7(13)6(9)10/h4,6H,2-3H2,1H3,(H,11,13)(H,14,15)/t4-/m1/s1. The highest BCUT2D eigenvalue weighted by molar-refractivity contribution is 5.85. The number of carboxylic acid groups (broad SMARTS) is 1. The summed E-state index contributed by atoms with van der Waals surface area (Å²) in [5.74, 6) is -3.85. The summed E-state index contributed by atoms with van der Waals surface area (Å²) in [4.78, 5) is 31.8. The van der Waals surface area contributed by atoms with Crippen molar-refractivity contribution in [3.8, 4) is 0 Å². The summed E-state index contributed by atoms with van der Waals surface area (Å²) in [7, 11) is 1.11. The minimum Gasteiger partial charge on any atom is -0.480 e. The Kier molecular flexibility index (Phi) is 5.97. The first-order valence-electron chi connectivity index (χ1n) is 4.26. The van der Waals surface area contributed by atoms with E-state index in [2.05, 4.69) is 4.74 Å². The molecule has 0 heterocycles. The monoisotopic (exact) mass is 239 g/mol. The molecule has 0 aromatic carbocycles. The van der Waals surface area contributed by atoms with Crippen molar-refractivity contribution in [3.05, 3.63) is 0 Å². The largest absolute Gasteiger partial charge is 0.480 e. The van der Waals surface area contributed by atoms with Crippen molar-refractivity contribution in [1.29, 1.82) is 0 Å². The molecule has 0 rings (SSSR count). The van der Waals surface area contributed by atoms with Gasteiger partial charge in [0.25, 0.3) is 5.91 Å². The van der Waals surface area contributed by atoms with E-state index < -0.39 is 30.3 Å². The fourth-order valence-electron chi connectivity index (χ4n) is 0.856. The molecule has 0 saturated carbocycles. The van der Waals surface area contributed by atoms with Gasteiger partial charge in [0.2, 0.25) is 0 Å². The number of alkyl halides is 2. The van der Waals surface area contributed by atoms with E-state index in [9.17, 15) is 23.2 Å². The number of halogens is 2. The van der Waals surface area contributed by atoms with E-state index >= 15 is 0 Å². The molecule has 0 aliphatic heterocycles. The van der Waals surface area contributed by atoms with Gasteiger partial charge in [-0.3, -0.25) is 9.59 Å². The van der Waals surface area contributed by atoms with Crippen LogP contribution >= 0.6 is 0 Å². The number of rotatable bonds is 6. The minimum atomic E-state index is -3.29. The topological polar surface area (TPSA) is 92.7 Å².